The van der Waals surface area contributed by atoms with Crippen molar-refractivity contribution in [1.29, 1.82) is 0 Å². The van der Waals surface area contributed by atoms with Gasteiger partial charge in [-0.1, -0.05) is 12.1 Å². The van der Waals surface area contributed by atoms with Crippen molar-refractivity contribution in [2.75, 3.05) is 25.0 Å². The van der Waals surface area contributed by atoms with Crippen molar-refractivity contribution >= 4 is 17.6 Å². The number of nitrogens with one attached hydrogen (secondary N) is 1. The van der Waals surface area contributed by atoms with Gasteiger partial charge >= 0.3 is 6.09 Å². The van der Waals surface area contributed by atoms with E-state index < -0.39 is 5.60 Å². The fraction of sp³-hybridized carbons (Fsp3) is 0.536. The van der Waals surface area contributed by atoms with Crippen LogP contribution in [0.15, 0.2) is 42.7 Å². The van der Waals surface area contributed by atoms with E-state index in [1.54, 1.807) is 0 Å². The van der Waals surface area contributed by atoms with Gasteiger partial charge in [0.2, 0.25) is 0 Å². The fourth-order valence-electron chi connectivity index (χ4n) is 5.49. The number of hydrogen-bond donors (Lipinski definition) is 1. The molecule has 8 nitrogen and oxygen atoms in total. The van der Waals surface area contributed by atoms with Crippen LogP contribution in [0.4, 0.5) is 10.6 Å². The van der Waals surface area contributed by atoms with Crippen LogP contribution in [-0.2, 0) is 17.7 Å². The van der Waals surface area contributed by atoms with Crippen molar-refractivity contribution in [2.24, 2.45) is 0 Å². The number of rotatable bonds is 5. The average Bonchev–Trinajstić information content (AvgIpc) is 3.25. The second kappa shape index (κ2) is 10.1. The Morgan fingerprint density at radius 1 is 1.17 bits per heavy atom. The average molecular weight is 491 g/mol. The molecule has 3 aromatic heterocycles. The molecule has 0 unspecified atom stereocenters. The molecule has 3 aromatic rings. The Morgan fingerprint density at radius 2 is 1.97 bits per heavy atom. The third-order valence-electron chi connectivity index (χ3n) is 7.17. The summed E-state index contributed by atoms with van der Waals surface area (Å²) in [6.45, 7) is 8.19. The highest BCUT2D eigenvalue weighted by Crippen LogP contribution is 2.33. The normalized spacial score (nSPS) is 18.9. The zero-order valence-electron chi connectivity index (χ0n) is 21.9. The number of piperidine rings is 1. The lowest BCUT2D eigenvalue weighted by Crippen LogP contribution is -2.46. The Hall–Kier alpha value is -3.13. The minimum atomic E-state index is -0.482. The standard InChI is InChI=1S/C28H38N6O2/c1-28(2,3)36-27(35)31-21-13-16-33(17-14-21)25-12-6-11-24-30-22(19-34(24)25)18-32(4)23-10-5-8-20-9-7-15-29-26(20)23/h6-7,9,11-12,15,19,21,23H,5,8,10,13-14,16-18H2,1-4H3,(H,31,35)/t23-/m0/s1. The van der Waals surface area contributed by atoms with E-state index in [0.717, 1.165) is 62.5 Å². The van der Waals surface area contributed by atoms with Crippen LogP contribution in [0.2, 0.25) is 0 Å². The zero-order valence-corrected chi connectivity index (χ0v) is 21.9. The maximum atomic E-state index is 12.2. The molecule has 192 valence electrons. The molecule has 0 saturated carbocycles. The van der Waals surface area contributed by atoms with E-state index in [1.165, 1.54) is 17.7 Å². The lowest BCUT2D eigenvalue weighted by atomic mass is 9.91. The topological polar surface area (TPSA) is 75.0 Å². The first-order chi connectivity index (χ1) is 17.3. The number of hydrogen-bond acceptors (Lipinski definition) is 6. The first kappa shape index (κ1) is 24.6. The molecule has 8 heteroatoms. The number of anilines is 1. The SMILES string of the molecule is CN(Cc1cn2c(N3CCC(NC(=O)OC(C)(C)C)CC3)cccc2n1)[C@H]1CCCc2cccnc21. The van der Waals surface area contributed by atoms with Crippen LogP contribution in [-0.4, -0.2) is 57.1 Å². The van der Waals surface area contributed by atoms with Gasteiger partial charge in [0, 0.05) is 38.1 Å². The molecular formula is C28H38N6O2. The van der Waals surface area contributed by atoms with Crippen molar-refractivity contribution in [2.45, 2.75) is 77.1 Å². The Bertz CT molecular complexity index is 1210. The third kappa shape index (κ3) is 5.48. The van der Waals surface area contributed by atoms with E-state index in [9.17, 15) is 4.79 Å². The third-order valence-corrected chi connectivity index (χ3v) is 7.17. The van der Waals surface area contributed by atoms with Crippen LogP contribution >= 0.6 is 0 Å². The van der Waals surface area contributed by atoms with Crippen molar-refractivity contribution in [1.82, 2.24) is 24.6 Å². The highest BCUT2D eigenvalue weighted by atomic mass is 16.6. The van der Waals surface area contributed by atoms with Gasteiger partial charge < -0.3 is 15.0 Å². The first-order valence-electron chi connectivity index (χ1n) is 13.1. The van der Waals surface area contributed by atoms with Gasteiger partial charge in [-0.2, -0.15) is 0 Å². The summed E-state index contributed by atoms with van der Waals surface area (Å²) >= 11 is 0. The molecule has 1 amide bonds. The molecule has 0 bridgehead atoms. The number of nitrogens with zero attached hydrogens (tertiary/aromatic N) is 5. The summed E-state index contributed by atoms with van der Waals surface area (Å²) in [5, 5.41) is 3.03. The minimum Gasteiger partial charge on any atom is -0.444 e. The van der Waals surface area contributed by atoms with Gasteiger partial charge in [-0.25, -0.2) is 9.78 Å². The van der Waals surface area contributed by atoms with Crippen molar-refractivity contribution in [3.8, 4) is 0 Å². The molecule has 1 atom stereocenters. The molecule has 1 aliphatic heterocycles. The van der Waals surface area contributed by atoms with Crippen LogP contribution < -0.4 is 10.2 Å². The van der Waals surface area contributed by atoms with E-state index in [-0.39, 0.29) is 12.1 Å². The van der Waals surface area contributed by atoms with Gasteiger partial charge in [0.05, 0.1) is 17.4 Å². The Labute approximate surface area is 213 Å². The maximum absolute atomic E-state index is 12.2. The molecule has 2 aliphatic rings. The van der Waals surface area contributed by atoms with Gasteiger partial charge in [0.25, 0.3) is 0 Å². The number of aryl methyl sites for hydroxylation is 1. The maximum Gasteiger partial charge on any atom is 0.407 e. The zero-order chi connectivity index (χ0) is 25.3. The summed E-state index contributed by atoms with van der Waals surface area (Å²) in [7, 11) is 2.18. The summed E-state index contributed by atoms with van der Waals surface area (Å²) in [6, 6.07) is 11.0. The summed E-state index contributed by atoms with van der Waals surface area (Å²) < 4.78 is 7.63. The van der Waals surface area contributed by atoms with Crippen LogP contribution in [0.25, 0.3) is 5.65 Å². The molecule has 1 fully saturated rings. The largest absolute Gasteiger partial charge is 0.444 e. The van der Waals surface area contributed by atoms with Crippen molar-refractivity contribution in [3.05, 3.63) is 59.7 Å². The molecule has 0 aromatic carbocycles. The monoisotopic (exact) mass is 490 g/mol. The molecule has 0 radical (unpaired) electrons. The van der Waals surface area contributed by atoms with Crippen molar-refractivity contribution < 1.29 is 9.53 Å². The summed E-state index contributed by atoms with van der Waals surface area (Å²) in [5.41, 5.74) is 4.15. The quantitative estimate of drug-likeness (QED) is 0.557. The molecule has 1 N–H and O–H groups in total. The Kier molecular flexibility index (Phi) is 6.88. The van der Waals surface area contributed by atoms with Gasteiger partial charge in [-0.15, -0.1) is 0 Å². The molecule has 0 spiro atoms. The van der Waals surface area contributed by atoms with Crippen LogP contribution in [0.3, 0.4) is 0 Å². The predicted octanol–water partition coefficient (Wildman–Crippen LogP) is 4.73. The van der Waals surface area contributed by atoms with Gasteiger partial charge in [-0.05, 0) is 83.7 Å². The summed E-state index contributed by atoms with van der Waals surface area (Å²) in [4.78, 5) is 26.6. The van der Waals surface area contributed by atoms with Crippen molar-refractivity contribution in [3.63, 3.8) is 0 Å². The van der Waals surface area contributed by atoms with E-state index in [1.807, 2.05) is 33.0 Å². The van der Waals surface area contributed by atoms with Crippen LogP contribution in [0.1, 0.15) is 69.4 Å². The molecule has 5 rings (SSSR count). The number of carbonyl (C=O) groups excluding carboxylic acids is 1. The molecule has 1 aliphatic carbocycles. The smallest absolute Gasteiger partial charge is 0.407 e. The second-order valence-corrected chi connectivity index (χ2v) is 11.1. The fourth-order valence-corrected chi connectivity index (χ4v) is 5.49. The Balaban J connectivity index is 1.25. The molecule has 1 saturated heterocycles. The van der Waals surface area contributed by atoms with Gasteiger partial charge in [0.15, 0.2) is 0 Å². The van der Waals surface area contributed by atoms with Crippen LogP contribution in [0, 0.1) is 0 Å². The highest BCUT2D eigenvalue weighted by Gasteiger charge is 2.27. The van der Waals surface area contributed by atoms with E-state index >= 15 is 0 Å². The van der Waals surface area contributed by atoms with Gasteiger partial charge in [0.1, 0.15) is 17.1 Å². The van der Waals surface area contributed by atoms with E-state index in [0.29, 0.717) is 6.04 Å². The number of fused-ring (bicyclic) bond motifs is 2. The van der Waals surface area contributed by atoms with Crippen LogP contribution in [0.5, 0.6) is 0 Å². The minimum absolute atomic E-state index is 0.134. The summed E-state index contributed by atoms with van der Waals surface area (Å²) in [5.74, 6) is 1.15. The number of amides is 1. The number of ether oxygens (including phenoxy) is 1. The van der Waals surface area contributed by atoms with E-state index in [2.05, 4.69) is 57.0 Å². The lowest BCUT2D eigenvalue weighted by molar-refractivity contribution is 0.0497. The number of pyridine rings is 2. The Morgan fingerprint density at radius 3 is 2.75 bits per heavy atom. The lowest BCUT2D eigenvalue weighted by Gasteiger charge is -2.34. The predicted molar refractivity (Wildman–Crippen MR) is 141 cm³/mol. The van der Waals surface area contributed by atoms with Gasteiger partial charge in [-0.3, -0.25) is 14.3 Å². The number of imidazole rings is 1. The molecular weight excluding hydrogens is 452 g/mol. The first-order valence-corrected chi connectivity index (χ1v) is 13.1. The molecule has 36 heavy (non-hydrogen) atoms. The number of aromatic nitrogens is 3. The van der Waals surface area contributed by atoms with E-state index in [4.69, 9.17) is 14.7 Å². The number of alkyl carbamates (subject to hydrolysis) is 1. The summed E-state index contributed by atoms with van der Waals surface area (Å²) in [6.07, 6.45) is 8.97. The highest BCUT2D eigenvalue weighted by molar-refractivity contribution is 5.68. The second-order valence-electron chi connectivity index (χ2n) is 11.1. The number of carbonyl (C=O) groups is 1. The molecule has 4 heterocycles.